The van der Waals surface area contributed by atoms with Crippen molar-refractivity contribution in [1.29, 1.82) is 0 Å². The third-order valence-corrected chi connectivity index (χ3v) is 4.91. The number of hydrogen-bond donors (Lipinski definition) is 3. The molecule has 29 heavy (non-hydrogen) atoms. The second kappa shape index (κ2) is 8.87. The van der Waals surface area contributed by atoms with E-state index in [1.54, 1.807) is 13.2 Å². The number of nitrogens with one attached hydrogen (secondary N) is 2. The number of nitrogens with zero attached hydrogens (tertiary/aromatic N) is 2. The quantitative estimate of drug-likeness (QED) is 0.545. The van der Waals surface area contributed by atoms with E-state index in [1.807, 2.05) is 56.3 Å². The number of ether oxygens (including phenoxy) is 1. The van der Waals surface area contributed by atoms with Crippen LogP contribution in [0.2, 0.25) is 5.02 Å². The van der Waals surface area contributed by atoms with Gasteiger partial charge in [-0.25, -0.2) is 9.48 Å². The van der Waals surface area contributed by atoms with Gasteiger partial charge in [0.05, 0.1) is 17.8 Å². The largest absolute Gasteiger partial charge is 0.497 e. The Hall–Kier alpha value is -3.19. The Labute approximate surface area is 174 Å². The van der Waals surface area contributed by atoms with Crippen LogP contribution in [0.15, 0.2) is 48.5 Å². The predicted molar refractivity (Wildman–Crippen MR) is 117 cm³/mol. The highest BCUT2D eigenvalue weighted by Gasteiger charge is 2.21. The first-order valence-electron chi connectivity index (χ1n) is 9.30. The minimum atomic E-state index is -0.348. The van der Waals surface area contributed by atoms with Crippen LogP contribution in [0, 0.1) is 0 Å². The number of amides is 2. The molecule has 2 aromatic carbocycles. The van der Waals surface area contributed by atoms with Crippen LogP contribution in [-0.2, 0) is 0 Å². The number of hydrogen-bond acceptors (Lipinski definition) is 4. The summed E-state index contributed by atoms with van der Waals surface area (Å²) in [5.41, 5.74) is 8.73. The molecule has 8 heteroatoms. The molecule has 2 amide bonds. The number of aromatic nitrogens is 2. The van der Waals surface area contributed by atoms with Crippen LogP contribution in [0.4, 0.5) is 16.3 Å². The van der Waals surface area contributed by atoms with Gasteiger partial charge in [0.25, 0.3) is 0 Å². The number of urea groups is 1. The Morgan fingerprint density at radius 3 is 2.55 bits per heavy atom. The van der Waals surface area contributed by atoms with Gasteiger partial charge in [-0.2, -0.15) is 5.10 Å². The van der Waals surface area contributed by atoms with E-state index in [4.69, 9.17) is 22.1 Å². The molecule has 152 valence electrons. The molecule has 1 atom stereocenters. The van der Waals surface area contributed by atoms with Crippen LogP contribution in [-0.4, -0.2) is 29.0 Å². The van der Waals surface area contributed by atoms with Crippen LogP contribution in [0.1, 0.15) is 20.3 Å². The number of nitrogen functional groups attached to an aromatic ring is 1. The van der Waals surface area contributed by atoms with E-state index in [0.29, 0.717) is 22.1 Å². The number of rotatable bonds is 6. The van der Waals surface area contributed by atoms with Crippen LogP contribution in [0.25, 0.3) is 16.9 Å². The fourth-order valence-electron chi connectivity index (χ4n) is 2.79. The number of carbonyl (C=O) groups is 1. The third kappa shape index (κ3) is 4.46. The van der Waals surface area contributed by atoms with E-state index in [2.05, 4.69) is 15.7 Å². The fraction of sp³-hybridized carbons (Fsp3) is 0.238. The average molecular weight is 414 g/mol. The molecular formula is C21H24ClN5O2. The minimum absolute atomic E-state index is 0.0271. The van der Waals surface area contributed by atoms with Crippen molar-refractivity contribution >= 4 is 29.1 Å². The molecular weight excluding hydrogens is 390 g/mol. The molecule has 0 aliphatic carbocycles. The number of nitrogens with two attached hydrogens (primary N) is 1. The van der Waals surface area contributed by atoms with E-state index in [-0.39, 0.29) is 17.9 Å². The minimum Gasteiger partial charge on any atom is -0.497 e. The monoisotopic (exact) mass is 413 g/mol. The van der Waals surface area contributed by atoms with Crippen molar-refractivity contribution in [3.05, 3.63) is 53.6 Å². The summed E-state index contributed by atoms with van der Waals surface area (Å²) < 4.78 is 6.75. The Kier molecular flexibility index (Phi) is 6.29. The molecule has 0 saturated carbocycles. The van der Waals surface area contributed by atoms with Crippen molar-refractivity contribution in [2.24, 2.45) is 0 Å². The highest BCUT2D eigenvalue weighted by atomic mass is 35.5. The van der Waals surface area contributed by atoms with E-state index in [9.17, 15) is 4.79 Å². The maximum absolute atomic E-state index is 12.5. The third-order valence-electron chi connectivity index (χ3n) is 4.59. The summed E-state index contributed by atoms with van der Waals surface area (Å²) in [6, 6.07) is 14.3. The van der Waals surface area contributed by atoms with Crippen molar-refractivity contribution in [2.75, 3.05) is 18.2 Å². The molecule has 0 fully saturated rings. The maximum Gasteiger partial charge on any atom is 0.319 e. The van der Waals surface area contributed by atoms with E-state index in [0.717, 1.165) is 17.7 Å². The first-order chi connectivity index (χ1) is 13.9. The van der Waals surface area contributed by atoms with Crippen LogP contribution < -0.4 is 21.1 Å². The summed E-state index contributed by atoms with van der Waals surface area (Å²) in [6.07, 6.45) is 0.813. The lowest BCUT2D eigenvalue weighted by molar-refractivity contribution is 0.249. The van der Waals surface area contributed by atoms with Gasteiger partial charge in [0, 0.05) is 11.6 Å². The normalized spacial score (nSPS) is 11.7. The Morgan fingerprint density at radius 2 is 1.93 bits per heavy atom. The topological polar surface area (TPSA) is 94.2 Å². The molecule has 0 aliphatic rings. The molecule has 0 bridgehead atoms. The van der Waals surface area contributed by atoms with Gasteiger partial charge >= 0.3 is 6.03 Å². The lowest BCUT2D eigenvalue weighted by Gasteiger charge is -2.13. The van der Waals surface area contributed by atoms with Crippen molar-refractivity contribution in [3.8, 4) is 22.7 Å². The van der Waals surface area contributed by atoms with Gasteiger partial charge in [0.15, 0.2) is 5.82 Å². The van der Waals surface area contributed by atoms with Crippen LogP contribution in [0.5, 0.6) is 5.75 Å². The summed E-state index contributed by atoms with van der Waals surface area (Å²) in [4.78, 5) is 12.5. The van der Waals surface area contributed by atoms with Gasteiger partial charge in [-0.15, -0.1) is 0 Å². The molecule has 7 nitrogen and oxygen atoms in total. The zero-order valence-corrected chi connectivity index (χ0v) is 17.3. The molecule has 4 N–H and O–H groups in total. The average Bonchev–Trinajstić information content (AvgIpc) is 3.04. The molecule has 3 rings (SSSR count). The zero-order chi connectivity index (χ0) is 21.0. The molecule has 1 unspecified atom stereocenters. The number of benzene rings is 2. The first kappa shape index (κ1) is 20.5. The standard InChI is InChI=1S/C21H24ClN5O2/c1-4-13(2)24-21(28)25-19-18(14-9-11-15(29-3)12-10-14)26-27(20(19)23)17-8-6-5-7-16(17)22/h5-13H,4,23H2,1-3H3,(H2,24,25,28). The van der Waals surface area contributed by atoms with E-state index >= 15 is 0 Å². The fourth-order valence-corrected chi connectivity index (χ4v) is 3.00. The van der Waals surface area contributed by atoms with E-state index in [1.165, 1.54) is 4.68 Å². The molecule has 3 aromatic rings. The van der Waals surface area contributed by atoms with Gasteiger partial charge in [-0.05, 0) is 49.7 Å². The second-order valence-electron chi connectivity index (χ2n) is 6.61. The van der Waals surface area contributed by atoms with Crippen molar-refractivity contribution in [2.45, 2.75) is 26.3 Å². The number of methoxy groups -OCH3 is 1. The Balaban J connectivity index is 2.08. The van der Waals surface area contributed by atoms with Crippen molar-refractivity contribution in [1.82, 2.24) is 15.1 Å². The molecule has 1 heterocycles. The molecule has 0 saturated heterocycles. The van der Waals surface area contributed by atoms with Gasteiger partial charge in [0.2, 0.25) is 0 Å². The summed E-state index contributed by atoms with van der Waals surface area (Å²) in [5.74, 6) is 1.000. The molecule has 0 radical (unpaired) electrons. The first-order valence-corrected chi connectivity index (χ1v) is 9.67. The molecule has 0 spiro atoms. The summed E-state index contributed by atoms with van der Waals surface area (Å²) in [6.45, 7) is 3.93. The number of halogens is 1. The zero-order valence-electron chi connectivity index (χ0n) is 16.6. The van der Waals surface area contributed by atoms with Gasteiger partial charge in [0.1, 0.15) is 17.1 Å². The van der Waals surface area contributed by atoms with Gasteiger partial charge < -0.3 is 21.1 Å². The SMILES string of the molecule is CCC(C)NC(=O)Nc1c(-c2ccc(OC)cc2)nn(-c2ccccc2Cl)c1N. The predicted octanol–water partition coefficient (Wildman–Crippen LogP) is 4.70. The smallest absolute Gasteiger partial charge is 0.319 e. The molecule has 1 aromatic heterocycles. The number of anilines is 2. The summed E-state index contributed by atoms with van der Waals surface area (Å²) >= 11 is 6.34. The van der Waals surface area contributed by atoms with Crippen molar-refractivity contribution in [3.63, 3.8) is 0 Å². The van der Waals surface area contributed by atoms with Crippen LogP contribution in [0.3, 0.4) is 0 Å². The maximum atomic E-state index is 12.5. The number of para-hydroxylation sites is 1. The van der Waals surface area contributed by atoms with Crippen molar-refractivity contribution < 1.29 is 9.53 Å². The van der Waals surface area contributed by atoms with E-state index < -0.39 is 0 Å². The molecule has 0 aliphatic heterocycles. The summed E-state index contributed by atoms with van der Waals surface area (Å²) in [7, 11) is 1.60. The van der Waals surface area contributed by atoms with Gasteiger partial charge in [-0.1, -0.05) is 30.7 Å². The lowest BCUT2D eigenvalue weighted by atomic mass is 10.1. The van der Waals surface area contributed by atoms with Gasteiger partial charge in [-0.3, -0.25) is 0 Å². The van der Waals surface area contributed by atoms with Crippen LogP contribution >= 0.6 is 11.6 Å². The Bertz CT molecular complexity index is 1000. The highest BCUT2D eigenvalue weighted by molar-refractivity contribution is 6.32. The summed E-state index contributed by atoms with van der Waals surface area (Å²) in [5, 5.41) is 10.9. The number of carbonyl (C=O) groups excluding carboxylic acids is 1. The highest BCUT2D eigenvalue weighted by Crippen LogP contribution is 2.36. The lowest BCUT2D eigenvalue weighted by Crippen LogP contribution is -2.35. The second-order valence-corrected chi connectivity index (χ2v) is 7.02. The Morgan fingerprint density at radius 1 is 1.24 bits per heavy atom.